The number of aromatic nitrogens is 2. The molecule has 9 heteroatoms. The summed E-state index contributed by atoms with van der Waals surface area (Å²) in [6.45, 7) is 1.78. The Kier molecular flexibility index (Phi) is 5.30. The number of hydrogen-bond acceptors (Lipinski definition) is 6. The van der Waals surface area contributed by atoms with Gasteiger partial charge in [-0.15, -0.1) is 0 Å². The lowest BCUT2D eigenvalue weighted by Crippen LogP contribution is -2.53. The first kappa shape index (κ1) is 18.8. The standard InChI is InChI=1S/C17H18IN3O5/c1-10-13(25-15(23)11-5-3-2-4-6-11)17(19,9-18)26-14(10)21-8-7-12(22)20-16(21)24/h2-8,10,13-14H,9,19H2,1H3,(H,20,22,24). The van der Waals surface area contributed by atoms with E-state index in [1.807, 2.05) is 22.6 Å². The summed E-state index contributed by atoms with van der Waals surface area (Å²) in [6.07, 6.45) is -0.194. The van der Waals surface area contributed by atoms with Crippen LogP contribution >= 0.6 is 22.6 Å². The van der Waals surface area contributed by atoms with Gasteiger partial charge in [0, 0.05) is 22.6 Å². The average molecular weight is 471 g/mol. The summed E-state index contributed by atoms with van der Waals surface area (Å²) in [4.78, 5) is 38.0. The molecule has 0 bridgehead atoms. The van der Waals surface area contributed by atoms with Crippen LogP contribution < -0.4 is 17.0 Å². The number of carbonyl (C=O) groups is 1. The van der Waals surface area contributed by atoms with E-state index in [0.29, 0.717) is 9.99 Å². The number of nitrogens with one attached hydrogen (secondary N) is 1. The van der Waals surface area contributed by atoms with Crippen LogP contribution in [0.4, 0.5) is 0 Å². The fraction of sp³-hybridized carbons (Fsp3) is 0.353. The van der Waals surface area contributed by atoms with Gasteiger partial charge in [0.1, 0.15) is 6.23 Å². The van der Waals surface area contributed by atoms with E-state index in [4.69, 9.17) is 15.2 Å². The molecule has 1 saturated heterocycles. The molecular weight excluding hydrogens is 453 g/mol. The van der Waals surface area contributed by atoms with Crippen LogP contribution in [0.1, 0.15) is 23.5 Å². The number of carbonyl (C=O) groups excluding carboxylic acids is 1. The zero-order chi connectivity index (χ0) is 18.9. The summed E-state index contributed by atoms with van der Waals surface area (Å²) in [5.74, 6) is -0.925. The molecule has 26 heavy (non-hydrogen) atoms. The Morgan fingerprint density at radius 2 is 2.04 bits per heavy atom. The van der Waals surface area contributed by atoms with Crippen LogP contribution in [0.15, 0.2) is 52.2 Å². The normalized spacial score (nSPS) is 28.0. The Hall–Kier alpha value is -1.98. The smallest absolute Gasteiger partial charge is 0.338 e. The van der Waals surface area contributed by atoms with Crippen molar-refractivity contribution in [2.24, 2.45) is 11.7 Å². The fourth-order valence-electron chi connectivity index (χ4n) is 3.00. The molecule has 0 radical (unpaired) electrons. The van der Waals surface area contributed by atoms with Gasteiger partial charge in [-0.05, 0) is 12.1 Å². The summed E-state index contributed by atoms with van der Waals surface area (Å²) in [5.41, 5.74) is 4.36. The Bertz CT molecular complexity index is 912. The van der Waals surface area contributed by atoms with E-state index in [9.17, 15) is 14.4 Å². The minimum absolute atomic E-state index is 0.344. The van der Waals surface area contributed by atoms with Gasteiger partial charge in [-0.1, -0.05) is 47.7 Å². The van der Waals surface area contributed by atoms with Crippen LogP contribution in [0, 0.1) is 5.92 Å². The largest absolute Gasteiger partial charge is 0.454 e. The van der Waals surface area contributed by atoms with Crippen molar-refractivity contribution < 1.29 is 14.3 Å². The Morgan fingerprint density at radius 3 is 2.65 bits per heavy atom. The quantitative estimate of drug-likeness (QED) is 0.391. The van der Waals surface area contributed by atoms with Crippen molar-refractivity contribution in [2.45, 2.75) is 25.0 Å². The zero-order valence-corrected chi connectivity index (χ0v) is 16.1. The van der Waals surface area contributed by atoms with Crippen molar-refractivity contribution >= 4 is 28.6 Å². The Labute approximate surface area is 162 Å². The zero-order valence-electron chi connectivity index (χ0n) is 13.9. The highest BCUT2D eigenvalue weighted by Crippen LogP contribution is 2.41. The molecule has 1 aliphatic rings. The van der Waals surface area contributed by atoms with E-state index in [-0.39, 0.29) is 0 Å². The first-order chi connectivity index (χ1) is 12.4. The molecule has 0 amide bonds. The number of esters is 1. The second kappa shape index (κ2) is 7.33. The number of rotatable bonds is 4. The highest BCUT2D eigenvalue weighted by Gasteiger charge is 2.54. The van der Waals surface area contributed by atoms with Gasteiger partial charge in [0.25, 0.3) is 5.56 Å². The molecule has 2 aromatic rings. The number of H-pyrrole nitrogens is 1. The van der Waals surface area contributed by atoms with Crippen LogP contribution in [0.25, 0.3) is 0 Å². The van der Waals surface area contributed by atoms with Gasteiger partial charge < -0.3 is 9.47 Å². The van der Waals surface area contributed by atoms with Crippen molar-refractivity contribution in [2.75, 3.05) is 4.43 Å². The van der Waals surface area contributed by atoms with Gasteiger partial charge in [-0.3, -0.25) is 20.1 Å². The van der Waals surface area contributed by atoms with Crippen molar-refractivity contribution in [3.63, 3.8) is 0 Å². The van der Waals surface area contributed by atoms with Crippen molar-refractivity contribution in [3.05, 3.63) is 69.0 Å². The molecule has 1 aromatic carbocycles. The van der Waals surface area contributed by atoms with Crippen molar-refractivity contribution in [1.82, 2.24) is 9.55 Å². The van der Waals surface area contributed by atoms with Crippen LogP contribution in [-0.4, -0.2) is 31.8 Å². The maximum absolute atomic E-state index is 12.5. The van der Waals surface area contributed by atoms with Crippen LogP contribution in [0.5, 0.6) is 0 Å². The van der Waals surface area contributed by atoms with Gasteiger partial charge in [-0.2, -0.15) is 0 Å². The molecule has 1 aliphatic heterocycles. The molecule has 4 unspecified atom stereocenters. The molecule has 138 valence electrons. The van der Waals surface area contributed by atoms with E-state index in [0.717, 1.165) is 0 Å². The third-order valence-corrected chi connectivity index (χ3v) is 5.52. The highest BCUT2D eigenvalue weighted by molar-refractivity contribution is 14.1. The molecule has 0 saturated carbocycles. The Morgan fingerprint density at radius 1 is 1.35 bits per heavy atom. The number of nitrogens with two attached hydrogens (primary N) is 1. The summed E-state index contributed by atoms with van der Waals surface area (Å²) >= 11 is 2.05. The third-order valence-electron chi connectivity index (χ3n) is 4.33. The third kappa shape index (κ3) is 3.46. The minimum Gasteiger partial charge on any atom is -0.454 e. The number of aromatic amines is 1. The summed E-state index contributed by atoms with van der Waals surface area (Å²) in [7, 11) is 0. The van der Waals surface area contributed by atoms with Crippen LogP contribution in [0.2, 0.25) is 0 Å². The monoisotopic (exact) mass is 471 g/mol. The molecule has 3 N–H and O–H groups in total. The number of hydrogen-bond donors (Lipinski definition) is 2. The molecule has 1 aromatic heterocycles. The van der Waals surface area contributed by atoms with Gasteiger partial charge >= 0.3 is 11.7 Å². The van der Waals surface area contributed by atoms with Gasteiger partial charge in [0.2, 0.25) is 0 Å². The SMILES string of the molecule is CC1C(n2ccc(=O)[nH]c2=O)OC(N)(CI)C1OC(=O)c1ccccc1. The fourth-order valence-corrected chi connectivity index (χ4v) is 3.62. The van der Waals surface area contributed by atoms with E-state index in [2.05, 4.69) is 4.98 Å². The Balaban J connectivity index is 1.90. The molecule has 2 heterocycles. The maximum atomic E-state index is 12.5. The van der Waals surface area contributed by atoms with Crippen LogP contribution in [-0.2, 0) is 9.47 Å². The number of nitrogens with zero attached hydrogens (tertiary/aromatic N) is 1. The van der Waals surface area contributed by atoms with Gasteiger partial charge in [0.05, 0.1) is 5.56 Å². The van der Waals surface area contributed by atoms with Gasteiger partial charge in [0.15, 0.2) is 11.8 Å². The maximum Gasteiger partial charge on any atom is 0.338 e. The van der Waals surface area contributed by atoms with E-state index >= 15 is 0 Å². The predicted molar refractivity (Wildman–Crippen MR) is 102 cm³/mol. The topological polar surface area (TPSA) is 116 Å². The van der Waals surface area contributed by atoms with Crippen molar-refractivity contribution in [3.8, 4) is 0 Å². The molecule has 1 fully saturated rings. The molecule has 0 spiro atoms. The number of ether oxygens (including phenoxy) is 2. The lowest BCUT2D eigenvalue weighted by molar-refractivity contribution is -0.0874. The number of halogens is 1. The van der Waals surface area contributed by atoms with Crippen LogP contribution in [0.3, 0.4) is 0 Å². The lowest BCUT2D eigenvalue weighted by Gasteiger charge is -2.28. The average Bonchev–Trinajstić information content (AvgIpc) is 2.88. The second-order valence-electron chi connectivity index (χ2n) is 6.17. The minimum atomic E-state index is -1.26. The first-order valence-corrected chi connectivity index (χ1v) is 9.48. The molecule has 4 atom stereocenters. The molecule has 3 rings (SSSR count). The van der Waals surface area contributed by atoms with E-state index in [1.54, 1.807) is 37.3 Å². The first-order valence-electron chi connectivity index (χ1n) is 7.96. The summed E-state index contributed by atoms with van der Waals surface area (Å²) < 4.78 is 13.1. The van der Waals surface area contributed by atoms with Gasteiger partial charge in [-0.25, -0.2) is 9.59 Å². The van der Waals surface area contributed by atoms with E-state index in [1.165, 1.54) is 16.8 Å². The summed E-state index contributed by atoms with van der Waals surface area (Å²) in [5, 5.41) is 0. The number of alkyl halides is 1. The molecule has 0 aliphatic carbocycles. The second-order valence-corrected chi connectivity index (χ2v) is 6.93. The lowest BCUT2D eigenvalue weighted by atomic mass is 9.98. The summed E-state index contributed by atoms with van der Waals surface area (Å²) in [6, 6.07) is 9.80. The predicted octanol–water partition coefficient (Wildman–Crippen LogP) is 1.02. The van der Waals surface area contributed by atoms with E-state index < -0.39 is 41.2 Å². The van der Waals surface area contributed by atoms with Crippen molar-refractivity contribution in [1.29, 1.82) is 0 Å². The highest BCUT2D eigenvalue weighted by atomic mass is 127. The molecular formula is C17H18IN3O5. The number of benzene rings is 1. The molecule has 8 nitrogen and oxygen atoms in total.